The van der Waals surface area contributed by atoms with E-state index >= 15 is 0 Å². The topological polar surface area (TPSA) is 89.4 Å². The van der Waals surface area contributed by atoms with E-state index in [1.165, 1.54) is 30.8 Å². The van der Waals surface area contributed by atoms with Gasteiger partial charge in [-0.25, -0.2) is 14.0 Å². The highest BCUT2D eigenvalue weighted by atomic mass is 35.5. The Labute approximate surface area is 203 Å². The molecule has 0 saturated heterocycles. The maximum atomic E-state index is 13.6. The summed E-state index contributed by atoms with van der Waals surface area (Å²) >= 11 is 7.52. The SMILES string of the molecule is C=CSC(=NC)C1=N[C@@H](c2ccc(F)cc2Cl)C(C(=O)OC(C)C(=O)OCC)=C(C)N1.CC. The van der Waals surface area contributed by atoms with Crippen LogP contribution in [0.15, 0.2) is 51.4 Å². The van der Waals surface area contributed by atoms with Gasteiger partial charge < -0.3 is 14.8 Å². The van der Waals surface area contributed by atoms with Gasteiger partial charge in [0.15, 0.2) is 11.9 Å². The summed E-state index contributed by atoms with van der Waals surface area (Å²) in [6, 6.07) is 2.91. The van der Waals surface area contributed by atoms with E-state index in [9.17, 15) is 14.0 Å². The summed E-state index contributed by atoms with van der Waals surface area (Å²) in [5.41, 5.74) is 0.964. The van der Waals surface area contributed by atoms with Gasteiger partial charge in [0.05, 0.1) is 12.2 Å². The number of carbonyl (C=O) groups is 2. The van der Waals surface area contributed by atoms with E-state index in [2.05, 4.69) is 21.9 Å². The van der Waals surface area contributed by atoms with Crippen molar-refractivity contribution in [3.8, 4) is 0 Å². The predicted octanol–water partition coefficient (Wildman–Crippen LogP) is 5.22. The van der Waals surface area contributed by atoms with Crippen LogP contribution in [-0.2, 0) is 19.1 Å². The molecule has 7 nitrogen and oxygen atoms in total. The van der Waals surface area contributed by atoms with Crippen LogP contribution in [0.1, 0.15) is 46.2 Å². The van der Waals surface area contributed by atoms with Gasteiger partial charge >= 0.3 is 11.9 Å². The number of carbonyl (C=O) groups excluding carboxylic acids is 2. The lowest BCUT2D eigenvalue weighted by atomic mass is 9.96. The number of amidine groups is 1. The molecule has 2 atom stereocenters. The van der Waals surface area contributed by atoms with Gasteiger partial charge in [-0.15, -0.1) is 0 Å². The number of ether oxygens (including phenoxy) is 2. The van der Waals surface area contributed by atoms with Gasteiger partial charge in [0.1, 0.15) is 16.9 Å². The minimum Gasteiger partial charge on any atom is -0.463 e. The number of esters is 2. The molecule has 0 radical (unpaired) electrons. The first kappa shape index (κ1) is 28.4. The summed E-state index contributed by atoms with van der Waals surface area (Å²) in [5.74, 6) is -1.57. The fourth-order valence-electron chi connectivity index (χ4n) is 2.82. The summed E-state index contributed by atoms with van der Waals surface area (Å²) < 4.78 is 23.8. The van der Waals surface area contributed by atoms with Crippen molar-refractivity contribution < 1.29 is 23.5 Å². The number of nitrogens with zero attached hydrogens (tertiary/aromatic N) is 2. The molecule has 1 unspecified atom stereocenters. The smallest absolute Gasteiger partial charge is 0.347 e. The number of rotatable bonds is 7. The third-order valence-corrected chi connectivity index (χ3v) is 5.31. The summed E-state index contributed by atoms with van der Waals surface area (Å²) in [7, 11) is 1.60. The zero-order valence-electron chi connectivity index (χ0n) is 19.6. The first-order chi connectivity index (χ1) is 15.7. The molecule has 0 aromatic heterocycles. The Balaban J connectivity index is 0.00000265. The van der Waals surface area contributed by atoms with E-state index in [1.54, 1.807) is 26.3 Å². The van der Waals surface area contributed by atoms with Crippen LogP contribution < -0.4 is 5.32 Å². The number of benzene rings is 1. The van der Waals surface area contributed by atoms with Crippen LogP contribution in [-0.4, -0.2) is 42.6 Å². The largest absolute Gasteiger partial charge is 0.463 e. The van der Waals surface area contributed by atoms with Crippen molar-refractivity contribution in [1.29, 1.82) is 0 Å². The monoisotopic (exact) mass is 497 g/mol. The Hall–Kier alpha value is -2.65. The fourth-order valence-corrected chi connectivity index (χ4v) is 3.57. The van der Waals surface area contributed by atoms with Crippen molar-refractivity contribution in [1.82, 2.24) is 5.32 Å². The van der Waals surface area contributed by atoms with Crippen LogP contribution in [0.3, 0.4) is 0 Å². The van der Waals surface area contributed by atoms with Crippen LogP contribution in [0, 0.1) is 5.82 Å². The van der Waals surface area contributed by atoms with Gasteiger partial charge in [0.2, 0.25) is 0 Å². The molecule has 2 rings (SSSR count). The lowest BCUT2D eigenvalue weighted by Crippen LogP contribution is -2.37. The molecule has 0 bridgehead atoms. The highest BCUT2D eigenvalue weighted by molar-refractivity contribution is 8.18. The second-order valence-corrected chi connectivity index (χ2v) is 7.69. The zero-order valence-corrected chi connectivity index (χ0v) is 21.1. The first-order valence-corrected chi connectivity index (χ1v) is 11.6. The summed E-state index contributed by atoms with van der Waals surface area (Å²) in [6.45, 7) is 12.6. The maximum absolute atomic E-state index is 13.6. The van der Waals surface area contributed by atoms with Crippen molar-refractivity contribution >= 4 is 46.2 Å². The average Bonchev–Trinajstić information content (AvgIpc) is 2.78. The third-order valence-electron chi connectivity index (χ3n) is 4.22. The van der Waals surface area contributed by atoms with E-state index in [4.69, 9.17) is 21.1 Å². The van der Waals surface area contributed by atoms with Gasteiger partial charge in [-0.05, 0) is 38.3 Å². The van der Waals surface area contributed by atoms with Crippen molar-refractivity contribution in [2.45, 2.75) is 46.8 Å². The summed E-state index contributed by atoms with van der Waals surface area (Å²) in [4.78, 5) is 33.7. The molecule has 0 aliphatic carbocycles. The summed E-state index contributed by atoms with van der Waals surface area (Å²) in [6.07, 6.45) is -1.12. The molecule has 180 valence electrons. The molecule has 0 amide bonds. The number of thioether (sulfide) groups is 1. The molecular formula is C23H29ClFN3O4S. The van der Waals surface area contributed by atoms with Crippen LogP contribution >= 0.6 is 23.4 Å². The highest BCUT2D eigenvalue weighted by Crippen LogP contribution is 2.36. The third kappa shape index (κ3) is 7.43. The van der Waals surface area contributed by atoms with Crippen LogP contribution in [0.4, 0.5) is 4.39 Å². The van der Waals surface area contributed by atoms with Crippen molar-refractivity contribution in [2.24, 2.45) is 9.98 Å². The Kier molecular flexibility index (Phi) is 11.9. The lowest BCUT2D eigenvalue weighted by molar-refractivity contribution is -0.164. The quantitative estimate of drug-likeness (QED) is 0.315. The zero-order chi connectivity index (χ0) is 25.1. The fraction of sp³-hybridized carbons (Fsp3) is 0.391. The summed E-state index contributed by atoms with van der Waals surface area (Å²) in [5, 5.41) is 5.26. The highest BCUT2D eigenvalue weighted by Gasteiger charge is 2.34. The number of aliphatic imine (C=N–C) groups is 2. The van der Waals surface area contributed by atoms with Gasteiger partial charge in [-0.1, -0.05) is 49.9 Å². The molecule has 1 aliphatic heterocycles. The van der Waals surface area contributed by atoms with Gasteiger partial charge in [0, 0.05) is 23.3 Å². The van der Waals surface area contributed by atoms with Gasteiger partial charge in [-0.3, -0.25) is 9.98 Å². The lowest BCUT2D eigenvalue weighted by Gasteiger charge is -2.27. The number of nitrogens with one attached hydrogen (secondary N) is 1. The molecule has 1 aromatic carbocycles. The molecule has 0 saturated carbocycles. The minimum absolute atomic E-state index is 0.0953. The second kappa shape index (κ2) is 13.8. The standard InChI is InChI=1S/C21H23ClFN3O4S.C2H6/c1-6-29-20(27)12(4)30-21(28)16-11(3)25-18(19(24-5)31-7-2)26-17(16)14-9-8-13(23)10-15(14)22;1-2/h7-10,12,17H,2,6H2,1,3-5H3,(H,25,26);1-2H3/t12?,17-;/m0./s1. The van der Waals surface area contributed by atoms with Crippen molar-refractivity contribution in [3.63, 3.8) is 0 Å². The molecule has 0 fully saturated rings. The molecule has 10 heteroatoms. The van der Waals surface area contributed by atoms with Crippen LogP contribution in [0.5, 0.6) is 0 Å². The first-order valence-electron chi connectivity index (χ1n) is 10.4. The van der Waals surface area contributed by atoms with Gasteiger partial charge in [-0.2, -0.15) is 0 Å². The number of allylic oxidation sites excluding steroid dienone is 1. The molecule has 1 heterocycles. The Bertz CT molecular complexity index is 978. The normalized spacial score (nSPS) is 16.5. The second-order valence-electron chi connectivity index (χ2n) is 6.32. The van der Waals surface area contributed by atoms with E-state index in [0.29, 0.717) is 22.1 Å². The molecule has 33 heavy (non-hydrogen) atoms. The molecule has 0 spiro atoms. The van der Waals surface area contributed by atoms with Crippen LogP contribution in [0.2, 0.25) is 5.02 Å². The van der Waals surface area contributed by atoms with E-state index < -0.39 is 29.9 Å². The van der Waals surface area contributed by atoms with E-state index in [1.807, 2.05) is 13.8 Å². The number of hydrogen-bond donors (Lipinski definition) is 1. The van der Waals surface area contributed by atoms with E-state index in [0.717, 1.165) is 6.07 Å². The molecule has 1 N–H and O–H groups in total. The van der Waals surface area contributed by atoms with Gasteiger partial charge in [0.25, 0.3) is 0 Å². The Morgan fingerprint density at radius 1 is 1.42 bits per heavy atom. The average molecular weight is 498 g/mol. The Morgan fingerprint density at radius 3 is 2.64 bits per heavy atom. The minimum atomic E-state index is -1.12. The van der Waals surface area contributed by atoms with E-state index in [-0.39, 0.29) is 17.2 Å². The molecule has 1 aromatic rings. The number of hydrogen-bond acceptors (Lipinski definition) is 8. The van der Waals surface area contributed by atoms with Crippen LogP contribution in [0.25, 0.3) is 0 Å². The van der Waals surface area contributed by atoms with Crippen molar-refractivity contribution in [2.75, 3.05) is 13.7 Å². The molecule has 1 aliphatic rings. The maximum Gasteiger partial charge on any atom is 0.347 e. The number of halogens is 2. The molecular weight excluding hydrogens is 469 g/mol. The predicted molar refractivity (Wildman–Crippen MR) is 132 cm³/mol. The van der Waals surface area contributed by atoms with Crippen molar-refractivity contribution in [3.05, 3.63) is 57.9 Å². The Morgan fingerprint density at radius 2 is 2.09 bits per heavy atom.